The second-order valence-electron chi connectivity index (χ2n) is 4.30. The molecule has 0 aliphatic rings. The number of nitrogens with one attached hydrogen (secondary N) is 1. The van der Waals surface area contributed by atoms with E-state index >= 15 is 0 Å². The molecule has 0 aromatic carbocycles. The van der Waals surface area contributed by atoms with Gasteiger partial charge < -0.3 is 16.5 Å². The highest BCUT2D eigenvalue weighted by Gasteiger charge is 2.23. The minimum atomic E-state index is -0.641. The Bertz CT molecular complexity index is 422. The maximum absolute atomic E-state index is 11.8. The summed E-state index contributed by atoms with van der Waals surface area (Å²) in [6.45, 7) is 5.76. The summed E-state index contributed by atoms with van der Waals surface area (Å²) in [7, 11) is 0. The fraction of sp³-hybridized carbons (Fsp3) is 0.636. The van der Waals surface area contributed by atoms with Gasteiger partial charge in [-0.3, -0.25) is 4.79 Å². The number of rotatable bonds is 4. The molecule has 0 saturated heterocycles. The highest BCUT2D eigenvalue weighted by Crippen LogP contribution is 2.17. The lowest BCUT2D eigenvalue weighted by atomic mass is 9.99. The van der Waals surface area contributed by atoms with Crippen LogP contribution in [0.3, 0.4) is 0 Å². The van der Waals surface area contributed by atoms with Crippen molar-refractivity contribution in [2.75, 3.05) is 5.73 Å². The van der Waals surface area contributed by atoms with E-state index in [4.69, 9.17) is 11.5 Å². The minimum Gasteiger partial charge on any atom is -0.383 e. The molecule has 1 heterocycles. The zero-order valence-electron chi connectivity index (χ0n) is 10.1. The van der Waals surface area contributed by atoms with Crippen molar-refractivity contribution in [3.63, 3.8) is 0 Å². The predicted octanol–water partition coefficient (Wildman–Crippen LogP) is 0.888. The van der Waals surface area contributed by atoms with Crippen LogP contribution < -0.4 is 17.0 Å². The third-order valence-corrected chi connectivity index (χ3v) is 2.82. The van der Waals surface area contributed by atoms with Crippen LogP contribution in [0.2, 0.25) is 0 Å². The normalized spacial score (nSPS) is 14.8. The highest BCUT2D eigenvalue weighted by atomic mass is 16.1. The Labute approximate surface area is 95.3 Å². The SMILES string of the molecule is CCCc1c(N)nc([C@@](C)(N)CC)[nH]c1=O. The van der Waals surface area contributed by atoms with Gasteiger partial charge in [0.15, 0.2) is 0 Å². The number of nitrogens with zero attached hydrogens (tertiary/aromatic N) is 1. The quantitative estimate of drug-likeness (QED) is 0.707. The monoisotopic (exact) mass is 224 g/mol. The van der Waals surface area contributed by atoms with Crippen LogP contribution in [0.25, 0.3) is 0 Å². The molecular formula is C11H20N4O. The predicted molar refractivity (Wildman–Crippen MR) is 65.1 cm³/mol. The van der Waals surface area contributed by atoms with Gasteiger partial charge in [0.1, 0.15) is 11.6 Å². The maximum atomic E-state index is 11.8. The van der Waals surface area contributed by atoms with Gasteiger partial charge >= 0.3 is 0 Å². The van der Waals surface area contributed by atoms with Crippen molar-refractivity contribution in [2.45, 2.75) is 45.6 Å². The van der Waals surface area contributed by atoms with Crippen molar-refractivity contribution in [1.82, 2.24) is 9.97 Å². The minimum absolute atomic E-state index is 0.172. The lowest BCUT2D eigenvalue weighted by Crippen LogP contribution is -2.37. The van der Waals surface area contributed by atoms with Crippen LogP contribution in [0.5, 0.6) is 0 Å². The standard InChI is InChI=1S/C11H20N4O/c1-4-6-7-8(12)14-10(15-9(7)16)11(3,13)5-2/h4-6,13H2,1-3H3,(H3,12,14,15,16)/t11-/m0/s1. The van der Waals surface area contributed by atoms with Crippen molar-refractivity contribution in [3.8, 4) is 0 Å². The van der Waals surface area contributed by atoms with E-state index in [0.29, 0.717) is 30.0 Å². The fourth-order valence-corrected chi connectivity index (χ4v) is 1.44. The number of nitrogens with two attached hydrogens (primary N) is 2. The summed E-state index contributed by atoms with van der Waals surface area (Å²) in [5.41, 5.74) is 11.5. The van der Waals surface area contributed by atoms with E-state index < -0.39 is 5.54 Å². The molecule has 0 radical (unpaired) electrons. The molecule has 1 aromatic rings. The van der Waals surface area contributed by atoms with Gasteiger partial charge in [0.25, 0.3) is 5.56 Å². The number of H-pyrrole nitrogens is 1. The first-order chi connectivity index (χ1) is 7.42. The van der Waals surface area contributed by atoms with Gasteiger partial charge in [-0.15, -0.1) is 0 Å². The Balaban J connectivity index is 3.25. The number of hydrogen-bond donors (Lipinski definition) is 3. The average Bonchev–Trinajstić information content (AvgIpc) is 2.23. The van der Waals surface area contributed by atoms with Crippen molar-refractivity contribution in [1.29, 1.82) is 0 Å². The molecule has 0 fully saturated rings. The summed E-state index contributed by atoms with van der Waals surface area (Å²) in [6.07, 6.45) is 2.19. The summed E-state index contributed by atoms with van der Waals surface area (Å²) >= 11 is 0. The molecule has 5 nitrogen and oxygen atoms in total. The van der Waals surface area contributed by atoms with Gasteiger partial charge in [-0.1, -0.05) is 20.3 Å². The molecule has 90 valence electrons. The molecule has 0 unspecified atom stereocenters. The van der Waals surface area contributed by atoms with E-state index in [0.717, 1.165) is 6.42 Å². The number of aromatic nitrogens is 2. The average molecular weight is 224 g/mol. The Kier molecular flexibility index (Phi) is 3.70. The lowest BCUT2D eigenvalue weighted by molar-refractivity contribution is 0.444. The van der Waals surface area contributed by atoms with Gasteiger partial charge in [-0.2, -0.15) is 0 Å². The third-order valence-electron chi connectivity index (χ3n) is 2.82. The largest absolute Gasteiger partial charge is 0.383 e. The van der Waals surface area contributed by atoms with Crippen molar-refractivity contribution in [3.05, 3.63) is 21.7 Å². The summed E-state index contributed by atoms with van der Waals surface area (Å²) in [5.74, 6) is 0.753. The van der Waals surface area contributed by atoms with Crippen LogP contribution in [-0.4, -0.2) is 9.97 Å². The van der Waals surface area contributed by atoms with Crippen molar-refractivity contribution >= 4 is 5.82 Å². The van der Waals surface area contributed by atoms with Gasteiger partial charge in [0.05, 0.1) is 11.1 Å². The van der Waals surface area contributed by atoms with E-state index in [1.165, 1.54) is 0 Å². The van der Waals surface area contributed by atoms with Gasteiger partial charge in [0, 0.05) is 0 Å². The van der Waals surface area contributed by atoms with Crippen LogP contribution in [0.1, 0.15) is 45.0 Å². The summed E-state index contributed by atoms with van der Waals surface area (Å²) in [4.78, 5) is 18.7. The van der Waals surface area contributed by atoms with E-state index in [1.54, 1.807) is 0 Å². The van der Waals surface area contributed by atoms with Gasteiger partial charge in [-0.05, 0) is 19.8 Å². The Morgan fingerprint density at radius 1 is 1.44 bits per heavy atom. The molecule has 1 atom stereocenters. The fourth-order valence-electron chi connectivity index (χ4n) is 1.44. The Hall–Kier alpha value is -1.36. The molecule has 0 saturated carbocycles. The van der Waals surface area contributed by atoms with Crippen molar-refractivity contribution in [2.24, 2.45) is 5.73 Å². The molecule has 1 rings (SSSR count). The van der Waals surface area contributed by atoms with E-state index in [9.17, 15) is 4.79 Å². The number of hydrogen-bond acceptors (Lipinski definition) is 4. The van der Waals surface area contributed by atoms with E-state index in [2.05, 4.69) is 9.97 Å². The second kappa shape index (κ2) is 4.65. The molecular weight excluding hydrogens is 204 g/mol. The summed E-state index contributed by atoms with van der Waals surface area (Å²) in [5, 5.41) is 0. The topological polar surface area (TPSA) is 97.8 Å². The second-order valence-corrected chi connectivity index (χ2v) is 4.30. The smallest absolute Gasteiger partial charge is 0.256 e. The summed E-state index contributed by atoms with van der Waals surface area (Å²) < 4.78 is 0. The Morgan fingerprint density at radius 3 is 2.50 bits per heavy atom. The molecule has 0 amide bonds. The zero-order valence-corrected chi connectivity index (χ0v) is 10.1. The maximum Gasteiger partial charge on any atom is 0.256 e. The zero-order chi connectivity index (χ0) is 12.3. The summed E-state index contributed by atoms with van der Waals surface area (Å²) in [6, 6.07) is 0. The number of anilines is 1. The molecule has 0 spiro atoms. The third kappa shape index (κ3) is 2.41. The van der Waals surface area contributed by atoms with Crippen LogP contribution >= 0.6 is 0 Å². The Morgan fingerprint density at radius 2 is 2.06 bits per heavy atom. The van der Waals surface area contributed by atoms with E-state index in [1.807, 2.05) is 20.8 Å². The molecule has 0 aliphatic heterocycles. The number of nitrogen functional groups attached to an aromatic ring is 1. The first kappa shape index (κ1) is 12.7. The van der Waals surface area contributed by atoms with Crippen LogP contribution in [0.4, 0.5) is 5.82 Å². The first-order valence-corrected chi connectivity index (χ1v) is 5.60. The highest BCUT2D eigenvalue weighted by molar-refractivity contribution is 5.38. The van der Waals surface area contributed by atoms with Crippen LogP contribution in [-0.2, 0) is 12.0 Å². The van der Waals surface area contributed by atoms with Gasteiger partial charge in [0.2, 0.25) is 0 Å². The van der Waals surface area contributed by atoms with Gasteiger partial charge in [-0.25, -0.2) is 4.98 Å². The van der Waals surface area contributed by atoms with Crippen LogP contribution in [0, 0.1) is 0 Å². The van der Waals surface area contributed by atoms with Crippen molar-refractivity contribution < 1.29 is 0 Å². The molecule has 0 aliphatic carbocycles. The number of aromatic amines is 1. The molecule has 0 bridgehead atoms. The molecule has 16 heavy (non-hydrogen) atoms. The van der Waals surface area contributed by atoms with E-state index in [-0.39, 0.29) is 5.56 Å². The lowest BCUT2D eigenvalue weighted by Gasteiger charge is -2.22. The van der Waals surface area contributed by atoms with Crippen LogP contribution in [0.15, 0.2) is 4.79 Å². The first-order valence-electron chi connectivity index (χ1n) is 5.60. The molecule has 5 N–H and O–H groups in total. The molecule has 5 heteroatoms. The molecule has 1 aromatic heterocycles.